The predicted octanol–water partition coefficient (Wildman–Crippen LogP) is 6.81. The van der Waals surface area contributed by atoms with Gasteiger partial charge in [0.15, 0.2) is 0 Å². The summed E-state index contributed by atoms with van der Waals surface area (Å²) < 4.78 is 82.7. The van der Waals surface area contributed by atoms with Gasteiger partial charge in [-0.1, -0.05) is 54.6 Å². The van der Waals surface area contributed by atoms with Crippen LogP contribution in [0, 0.1) is 0 Å². The van der Waals surface area contributed by atoms with Crippen LogP contribution in [-0.4, -0.2) is 40.9 Å². The van der Waals surface area contributed by atoms with E-state index in [4.69, 9.17) is 0 Å². The Bertz CT molecular complexity index is 1590. The zero-order valence-electron chi connectivity index (χ0n) is 23.3. The van der Waals surface area contributed by atoms with Crippen molar-refractivity contribution >= 4 is 22.7 Å². The van der Waals surface area contributed by atoms with Gasteiger partial charge in [0.25, 0.3) is 5.91 Å². The Hall–Kier alpha value is -4.54. The molecule has 2 amide bonds. The molecule has 226 valence electrons. The van der Waals surface area contributed by atoms with Crippen molar-refractivity contribution in [2.45, 2.75) is 31.2 Å². The lowest BCUT2D eigenvalue weighted by Gasteiger charge is -2.27. The minimum atomic E-state index is -5.10. The van der Waals surface area contributed by atoms with Crippen molar-refractivity contribution in [2.75, 3.05) is 13.6 Å². The molecular weight excluding hydrogens is 572 g/mol. The van der Waals surface area contributed by atoms with Crippen LogP contribution in [0.25, 0.3) is 10.9 Å². The molecule has 1 aromatic heterocycles. The first-order valence-corrected chi connectivity index (χ1v) is 13.3. The minimum absolute atomic E-state index is 0.0238. The van der Waals surface area contributed by atoms with Crippen molar-refractivity contribution < 1.29 is 35.9 Å². The van der Waals surface area contributed by atoms with Crippen LogP contribution >= 0.6 is 0 Å². The topological polar surface area (TPSA) is 54.3 Å². The number of fused-ring (bicyclic) bond motifs is 1. The van der Waals surface area contributed by atoms with Crippen molar-refractivity contribution in [3.63, 3.8) is 0 Å². The van der Waals surface area contributed by atoms with Crippen LogP contribution < -0.4 is 5.32 Å². The molecule has 0 saturated heterocycles. The number of para-hydroxylation sites is 1. The standard InChI is InChI=1S/C32H29F6N3O2/c1-40-20-23(27-10-6-7-11-28(27)40)18-26(12-13-29(42)39-15-14-21-8-4-3-5-9-21)41(2)30(43)22-16-24(31(33,34)35)19-25(17-22)32(36,37)38/h3-13,16-17,19-20,26H,14-15,18H2,1-2H3,(H,39,42). The van der Waals surface area contributed by atoms with E-state index >= 15 is 0 Å². The summed E-state index contributed by atoms with van der Waals surface area (Å²) in [6.07, 6.45) is -5.01. The predicted molar refractivity (Wildman–Crippen MR) is 151 cm³/mol. The fourth-order valence-electron chi connectivity index (χ4n) is 4.81. The second-order valence-corrected chi connectivity index (χ2v) is 10.2. The van der Waals surface area contributed by atoms with Gasteiger partial charge in [-0.3, -0.25) is 9.59 Å². The van der Waals surface area contributed by atoms with Gasteiger partial charge in [-0.05, 0) is 48.2 Å². The van der Waals surface area contributed by atoms with Crippen molar-refractivity contribution in [1.29, 1.82) is 0 Å². The van der Waals surface area contributed by atoms with Gasteiger partial charge in [-0.15, -0.1) is 0 Å². The summed E-state index contributed by atoms with van der Waals surface area (Å²) in [7, 11) is 3.11. The molecule has 0 radical (unpaired) electrons. The van der Waals surface area contributed by atoms with Gasteiger partial charge in [-0.25, -0.2) is 0 Å². The second-order valence-electron chi connectivity index (χ2n) is 10.2. The molecule has 1 heterocycles. The van der Waals surface area contributed by atoms with Crippen molar-refractivity contribution in [2.24, 2.45) is 7.05 Å². The zero-order valence-corrected chi connectivity index (χ0v) is 23.3. The molecule has 0 aliphatic heterocycles. The number of amides is 2. The summed E-state index contributed by atoms with van der Waals surface area (Å²) in [5, 5.41) is 3.61. The fourth-order valence-corrected chi connectivity index (χ4v) is 4.81. The van der Waals surface area contributed by atoms with E-state index in [-0.39, 0.29) is 12.5 Å². The van der Waals surface area contributed by atoms with Crippen LogP contribution in [0.4, 0.5) is 26.3 Å². The van der Waals surface area contributed by atoms with E-state index < -0.39 is 46.9 Å². The number of nitrogens with one attached hydrogen (secondary N) is 1. The van der Waals surface area contributed by atoms with Gasteiger partial charge < -0.3 is 14.8 Å². The summed E-state index contributed by atoms with van der Waals surface area (Å²) >= 11 is 0. The number of hydrogen-bond acceptors (Lipinski definition) is 2. The number of halogens is 6. The Morgan fingerprint density at radius 2 is 1.51 bits per heavy atom. The van der Waals surface area contributed by atoms with E-state index in [1.165, 1.54) is 19.2 Å². The van der Waals surface area contributed by atoms with Gasteiger partial charge in [0.2, 0.25) is 5.91 Å². The highest BCUT2D eigenvalue weighted by molar-refractivity contribution is 5.95. The molecule has 0 aliphatic rings. The van der Waals surface area contributed by atoms with Gasteiger partial charge in [0.05, 0.1) is 17.2 Å². The average Bonchev–Trinajstić information content (AvgIpc) is 3.28. The Balaban J connectivity index is 1.63. The number of hydrogen-bond donors (Lipinski definition) is 1. The number of rotatable bonds is 9. The third kappa shape index (κ3) is 7.85. The summed E-state index contributed by atoms with van der Waals surface area (Å²) in [6.45, 7) is 0.334. The van der Waals surface area contributed by atoms with Crippen molar-refractivity contribution in [3.05, 3.63) is 119 Å². The number of aromatic nitrogens is 1. The molecule has 0 saturated carbocycles. The molecule has 43 heavy (non-hydrogen) atoms. The number of likely N-dealkylation sites (N-methyl/N-ethyl adjacent to an activating group) is 1. The van der Waals surface area contributed by atoms with E-state index in [0.29, 0.717) is 25.1 Å². The number of nitrogens with zero attached hydrogens (tertiary/aromatic N) is 2. The van der Waals surface area contributed by atoms with Gasteiger partial charge >= 0.3 is 12.4 Å². The minimum Gasteiger partial charge on any atom is -0.352 e. The van der Waals surface area contributed by atoms with Crippen LogP contribution in [0.3, 0.4) is 0 Å². The first-order chi connectivity index (χ1) is 20.2. The largest absolute Gasteiger partial charge is 0.416 e. The van der Waals surface area contributed by atoms with Crippen molar-refractivity contribution in [3.8, 4) is 0 Å². The maximum absolute atomic E-state index is 13.5. The first kappa shape index (κ1) is 31.4. The highest BCUT2D eigenvalue weighted by atomic mass is 19.4. The van der Waals surface area contributed by atoms with Gasteiger partial charge in [0.1, 0.15) is 0 Å². The highest BCUT2D eigenvalue weighted by Crippen LogP contribution is 2.36. The lowest BCUT2D eigenvalue weighted by Crippen LogP contribution is -2.38. The summed E-state index contributed by atoms with van der Waals surface area (Å²) in [5.74, 6) is -1.52. The molecule has 3 aromatic carbocycles. The molecule has 4 aromatic rings. The number of benzene rings is 3. The molecule has 0 fully saturated rings. The van der Waals surface area contributed by atoms with Crippen LogP contribution in [0.5, 0.6) is 0 Å². The fraction of sp³-hybridized carbons (Fsp3) is 0.250. The lowest BCUT2D eigenvalue weighted by molar-refractivity contribution is -0.143. The normalized spacial score (nSPS) is 12.9. The number of carbonyl (C=O) groups excluding carboxylic acids is 2. The molecule has 5 nitrogen and oxygen atoms in total. The third-order valence-corrected chi connectivity index (χ3v) is 7.09. The number of aryl methyl sites for hydroxylation is 1. The van der Waals surface area contributed by atoms with Crippen LogP contribution in [0.15, 0.2) is 91.1 Å². The molecular formula is C32H29F6N3O2. The molecule has 4 rings (SSSR count). The summed E-state index contributed by atoms with van der Waals surface area (Å²) in [6, 6.07) is 16.8. The van der Waals surface area contributed by atoms with Gasteiger partial charge in [-0.2, -0.15) is 26.3 Å². The molecule has 0 spiro atoms. The quantitative estimate of drug-likeness (QED) is 0.169. The molecule has 11 heteroatoms. The smallest absolute Gasteiger partial charge is 0.352 e. The van der Waals surface area contributed by atoms with Crippen LogP contribution in [-0.2, 0) is 37.0 Å². The molecule has 0 bridgehead atoms. The zero-order chi connectivity index (χ0) is 31.4. The Morgan fingerprint density at radius 3 is 2.14 bits per heavy atom. The van der Waals surface area contributed by atoms with Crippen LogP contribution in [0.1, 0.15) is 32.6 Å². The number of alkyl halides is 6. The van der Waals surface area contributed by atoms with Gasteiger partial charge in [0, 0.05) is 49.4 Å². The molecule has 1 unspecified atom stereocenters. The summed E-state index contributed by atoms with van der Waals surface area (Å²) in [5.41, 5.74) is -1.26. The molecule has 0 aliphatic carbocycles. The molecule has 1 atom stereocenters. The third-order valence-electron chi connectivity index (χ3n) is 7.09. The highest BCUT2D eigenvalue weighted by Gasteiger charge is 2.38. The van der Waals surface area contributed by atoms with E-state index in [1.54, 1.807) is 0 Å². The van der Waals surface area contributed by atoms with E-state index in [1.807, 2.05) is 72.4 Å². The molecule has 1 N–H and O–H groups in total. The van der Waals surface area contributed by atoms with Crippen molar-refractivity contribution in [1.82, 2.24) is 14.8 Å². The summed E-state index contributed by atoms with van der Waals surface area (Å²) in [4.78, 5) is 27.1. The monoisotopic (exact) mass is 601 g/mol. The van der Waals surface area contributed by atoms with Crippen LogP contribution in [0.2, 0.25) is 0 Å². The SMILES string of the molecule is CN(C(=O)c1cc(C(F)(F)F)cc(C(F)(F)F)c1)C(C=CC(=O)NCCc1ccccc1)Cc1cn(C)c2ccccc12. The maximum Gasteiger partial charge on any atom is 0.416 e. The maximum atomic E-state index is 13.5. The Labute approximate surface area is 244 Å². The van der Waals surface area contributed by atoms with E-state index in [9.17, 15) is 35.9 Å². The average molecular weight is 602 g/mol. The van der Waals surface area contributed by atoms with E-state index in [0.717, 1.165) is 26.9 Å². The lowest BCUT2D eigenvalue weighted by atomic mass is 10.0. The van der Waals surface area contributed by atoms with E-state index in [2.05, 4.69) is 5.32 Å². The first-order valence-electron chi connectivity index (χ1n) is 13.3. The Morgan fingerprint density at radius 1 is 0.907 bits per heavy atom. The Kier molecular flexibility index (Phi) is 9.32. The second kappa shape index (κ2) is 12.8. The number of carbonyl (C=O) groups is 2.